The van der Waals surface area contributed by atoms with Crippen molar-refractivity contribution in [3.63, 3.8) is 0 Å². The molecule has 1 aromatic carbocycles. The molecule has 1 fully saturated rings. The largest absolute Gasteiger partial charge is 0.349 e. The maximum Gasteiger partial charge on any atom is 0.223 e. The second kappa shape index (κ2) is 4.71. The highest BCUT2D eigenvalue weighted by molar-refractivity contribution is 5.79. The van der Waals surface area contributed by atoms with Gasteiger partial charge in [-0.05, 0) is 48.9 Å². The molecule has 0 radical (unpaired) electrons. The van der Waals surface area contributed by atoms with Crippen LogP contribution >= 0.6 is 0 Å². The molecule has 1 aromatic rings. The van der Waals surface area contributed by atoms with Crippen LogP contribution in [0.5, 0.6) is 0 Å². The highest BCUT2D eigenvalue weighted by Crippen LogP contribution is 2.33. The number of hydrogen-bond acceptors (Lipinski definition) is 1. The smallest absolute Gasteiger partial charge is 0.223 e. The van der Waals surface area contributed by atoms with Gasteiger partial charge >= 0.3 is 0 Å². The molecule has 96 valence electrons. The van der Waals surface area contributed by atoms with E-state index in [0.29, 0.717) is 0 Å². The molecule has 0 unspecified atom stereocenters. The van der Waals surface area contributed by atoms with Crippen molar-refractivity contribution < 1.29 is 9.18 Å². The number of hydrogen-bond donors (Lipinski definition) is 1. The van der Waals surface area contributed by atoms with Crippen molar-refractivity contribution in [1.82, 2.24) is 5.32 Å². The van der Waals surface area contributed by atoms with Crippen molar-refractivity contribution in [1.29, 1.82) is 0 Å². The molecule has 2 aliphatic rings. The summed E-state index contributed by atoms with van der Waals surface area (Å²) in [4.78, 5) is 12.1. The number of halogens is 1. The summed E-state index contributed by atoms with van der Waals surface area (Å²) in [6, 6.07) is 4.99. The molecular formula is C15H18FNO. The first-order valence-electron chi connectivity index (χ1n) is 6.83. The zero-order valence-electron chi connectivity index (χ0n) is 10.4. The van der Waals surface area contributed by atoms with Crippen molar-refractivity contribution in [3.05, 3.63) is 35.1 Å². The summed E-state index contributed by atoms with van der Waals surface area (Å²) < 4.78 is 13.1. The molecule has 18 heavy (non-hydrogen) atoms. The minimum absolute atomic E-state index is 0.0914. The second-order valence-corrected chi connectivity index (χ2v) is 5.42. The number of benzene rings is 1. The van der Waals surface area contributed by atoms with Crippen molar-refractivity contribution in [2.24, 2.45) is 5.92 Å². The fraction of sp³-hybridized carbons (Fsp3) is 0.533. The summed E-state index contributed by atoms with van der Waals surface area (Å²) in [5.74, 6) is 0.209. The lowest BCUT2D eigenvalue weighted by Crippen LogP contribution is -2.32. The van der Waals surface area contributed by atoms with Crippen molar-refractivity contribution in [2.75, 3.05) is 0 Å². The van der Waals surface area contributed by atoms with E-state index in [0.717, 1.165) is 36.8 Å². The first kappa shape index (κ1) is 11.7. The monoisotopic (exact) mass is 247 g/mol. The van der Waals surface area contributed by atoms with Gasteiger partial charge in [0.15, 0.2) is 0 Å². The van der Waals surface area contributed by atoms with Crippen LogP contribution in [-0.4, -0.2) is 5.91 Å². The van der Waals surface area contributed by atoms with Crippen LogP contribution < -0.4 is 5.32 Å². The van der Waals surface area contributed by atoms with Crippen LogP contribution in [0.15, 0.2) is 18.2 Å². The third-order valence-corrected chi connectivity index (χ3v) is 4.23. The van der Waals surface area contributed by atoms with E-state index in [9.17, 15) is 9.18 Å². The molecular weight excluding hydrogens is 229 g/mol. The predicted molar refractivity (Wildman–Crippen MR) is 67.6 cm³/mol. The fourth-order valence-corrected chi connectivity index (χ4v) is 3.21. The summed E-state index contributed by atoms with van der Waals surface area (Å²) in [5, 5.41) is 3.14. The third-order valence-electron chi connectivity index (χ3n) is 4.23. The topological polar surface area (TPSA) is 29.1 Å². The van der Waals surface area contributed by atoms with Crippen molar-refractivity contribution in [3.8, 4) is 0 Å². The van der Waals surface area contributed by atoms with Crippen LogP contribution in [0.25, 0.3) is 0 Å². The van der Waals surface area contributed by atoms with Gasteiger partial charge in [0.1, 0.15) is 5.82 Å². The average molecular weight is 247 g/mol. The highest BCUT2D eigenvalue weighted by Gasteiger charge is 2.28. The van der Waals surface area contributed by atoms with Crippen LogP contribution in [0.3, 0.4) is 0 Å². The Morgan fingerprint density at radius 3 is 2.78 bits per heavy atom. The minimum atomic E-state index is -0.184. The zero-order valence-corrected chi connectivity index (χ0v) is 10.4. The molecule has 0 heterocycles. The summed E-state index contributed by atoms with van der Waals surface area (Å²) in [6.07, 6.45) is 6.15. The quantitative estimate of drug-likeness (QED) is 0.854. The summed E-state index contributed by atoms with van der Waals surface area (Å²) >= 11 is 0. The number of carbonyl (C=O) groups excluding carboxylic acids is 1. The predicted octanol–water partition coefficient (Wildman–Crippen LogP) is 3.12. The molecule has 0 aromatic heterocycles. The van der Waals surface area contributed by atoms with Gasteiger partial charge in [-0.1, -0.05) is 18.9 Å². The average Bonchev–Trinajstić information content (AvgIpc) is 2.98. The number of nitrogens with one attached hydrogen (secondary N) is 1. The Kier molecular flexibility index (Phi) is 3.06. The molecule has 1 N–H and O–H groups in total. The number of carbonyl (C=O) groups is 1. The maximum absolute atomic E-state index is 13.1. The van der Waals surface area contributed by atoms with Crippen LogP contribution in [-0.2, 0) is 11.2 Å². The molecule has 1 saturated carbocycles. The SMILES string of the molecule is O=C(N[C@H]1CCc2cc(F)ccc21)C1CCCC1. The first-order valence-corrected chi connectivity index (χ1v) is 6.83. The Morgan fingerprint density at radius 1 is 1.22 bits per heavy atom. The summed E-state index contributed by atoms with van der Waals surface area (Å²) in [6.45, 7) is 0. The zero-order chi connectivity index (χ0) is 12.5. The number of fused-ring (bicyclic) bond motifs is 1. The van der Waals surface area contributed by atoms with Gasteiger partial charge in [0, 0.05) is 5.92 Å². The van der Waals surface area contributed by atoms with Gasteiger partial charge in [0.2, 0.25) is 5.91 Å². The van der Waals surface area contributed by atoms with Crippen LogP contribution in [0.1, 0.15) is 49.3 Å². The maximum atomic E-state index is 13.1. The first-order chi connectivity index (χ1) is 8.74. The van der Waals surface area contributed by atoms with Crippen LogP contribution in [0.4, 0.5) is 4.39 Å². The Bertz CT molecular complexity index is 466. The van der Waals surface area contributed by atoms with Gasteiger partial charge in [-0.15, -0.1) is 0 Å². The van der Waals surface area contributed by atoms with Gasteiger partial charge in [-0.2, -0.15) is 0 Å². The van der Waals surface area contributed by atoms with E-state index in [1.165, 1.54) is 18.9 Å². The van der Waals surface area contributed by atoms with Gasteiger partial charge < -0.3 is 5.32 Å². The lowest BCUT2D eigenvalue weighted by atomic mass is 10.0. The molecule has 3 rings (SSSR count). The van der Waals surface area contributed by atoms with Crippen LogP contribution in [0, 0.1) is 11.7 Å². The molecule has 0 spiro atoms. The van der Waals surface area contributed by atoms with E-state index in [1.54, 1.807) is 6.07 Å². The van der Waals surface area contributed by atoms with Crippen LogP contribution in [0.2, 0.25) is 0 Å². The third kappa shape index (κ3) is 2.14. The molecule has 2 nitrogen and oxygen atoms in total. The second-order valence-electron chi connectivity index (χ2n) is 5.42. The highest BCUT2D eigenvalue weighted by atomic mass is 19.1. The Hall–Kier alpha value is -1.38. The molecule has 0 saturated heterocycles. The lowest BCUT2D eigenvalue weighted by molar-refractivity contribution is -0.125. The van der Waals surface area contributed by atoms with E-state index in [4.69, 9.17) is 0 Å². The minimum Gasteiger partial charge on any atom is -0.349 e. The normalized spacial score (nSPS) is 23.1. The molecule has 3 heteroatoms. The van der Waals surface area contributed by atoms with Gasteiger partial charge in [-0.25, -0.2) is 4.39 Å². The van der Waals surface area contributed by atoms with E-state index in [-0.39, 0.29) is 23.7 Å². The molecule has 1 atom stereocenters. The van der Waals surface area contributed by atoms with E-state index in [1.807, 2.05) is 6.07 Å². The van der Waals surface area contributed by atoms with Gasteiger partial charge in [0.05, 0.1) is 6.04 Å². The van der Waals surface area contributed by atoms with Gasteiger partial charge in [-0.3, -0.25) is 4.79 Å². The van der Waals surface area contributed by atoms with Crippen molar-refractivity contribution >= 4 is 5.91 Å². The van der Waals surface area contributed by atoms with E-state index >= 15 is 0 Å². The Morgan fingerprint density at radius 2 is 2.00 bits per heavy atom. The standard InChI is InChI=1S/C15H18FNO/c16-12-6-7-13-11(9-12)5-8-14(13)17-15(18)10-3-1-2-4-10/h6-7,9-10,14H,1-5,8H2,(H,17,18)/t14-/m0/s1. The molecule has 0 aliphatic heterocycles. The fourth-order valence-electron chi connectivity index (χ4n) is 3.21. The Labute approximate surface area is 107 Å². The number of rotatable bonds is 2. The summed E-state index contributed by atoms with van der Waals surface area (Å²) in [5.41, 5.74) is 2.15. The summed E-state index contributed by atoms with van der Waals surface area (Å²) in [7, 11) is 0. The lowest BCUT2D eigenvalue weighted by Gasteiger charge is -2.17. The van der Waals surface area contributed by atoms with E-state index < -0.39 is 0 Å². The molecule has 0 bridgehead atoms. The Balaban J connectivity index is 1.70. The van der Waals surface area contributed by atoms with E-state index in [2.05, 4.69) is 5.32 Å². The molecule has 2 aliphatic carbocycles. The number of amides is 1. The van der Waals surface area contributed by atoms with Crippen molar-refractivity contribution in [2.45, 2.75) is 44.6 Å². The molecule has 1 amide bonds. The number of aryl methyl sites for hydroxylation is 1. The van der Waals surface area contributed by atoms with Gasteiger partial charge in [0.25, 0.3) is 0 Å².